The second kappa shape index (κ2) is 6.31. The van der Waals surface area contributed by atoms with Gasteiger partial charge in [0.15, 0.2) is 0 Å². The highest BCUT2D eigenvalue weighted by Crippen LogP contribution is 2.28. The van der Waals surface area contributed by atoms with Crippen LogP contribution in [0.15, 0.2) is 17.5 Å². The van der Waals surface area contributed by atoms with Crippen LogP contribution >= 0.6 is 11.3 Å². The number of rotatable bonds is 7. The number of hydrogen-bond acceptors (Lipinski definition) is 3. The van der Waals surface area contributed by atoms with Crippen molar-refractivity contribution in [2.45, 2.75) is 39.7 Å². The van der Waals surface area contributed by atoms with Crippen molar-refractivity contribution in [3.63, 3.8) is 0 Å². The molecule has 2 nitrogen and oxygen atoms in total. The van der Waals surface area contributed by atoms with Crippen molar-refractivity contribution in [1.29, 1.82) is 0 Å². The summed E-state index contributed by atoms with van der Waals surface area (Å²) in [7, 11) is 2.10. The summed E-state index contributed by atoms with van der Waals surface area (Å²) in [4.78, 5) is 14.9. The van der Waals surface area contributed by atoms with Crippen LogP contribution in [0.25, 0.3) is 0 Å². The highest BCUT2D eigenvalue weighted by molar-refractivity contribution is 7.10. The fourth-order valence-corrected chi connectivity index (χ4v) is 3.05. The molecule has 0 aliphatic heterocycles. The zero-order chi connectivity index (χ0) is 12.9. The first-order valence-corrected chi connectivity index (χ1v) is 7.10. The molecule has 96 valence electrons. The van der Waals surface area contributed by atoms with Gasteiger partial charge in [0.2, 0.25) is 0 Å². The number of thiophene rings is 1. The van der Waals surface area contributed by atoms with Gasteiger partial charge in [0.05, 0.1) is 0 Å². The van der Waals surface area contributed by atoms with Gasteiger partial charge in [-0.15, -0.1) is 11.3 Å². The quantitative estimate of drug-likeness (QED) is 0.690. The molecule has 0 fully saturated rings. The van der Waals surface area contributed by atoms with Crippen molar-refractivity contribution < 1.29 is 4.79 Å². The lowest BCUT2D eigenvalue weighted by Crippen LogP contribution is -2.36. The van der Waals surface area contributed by atoms with Crippen LogP contribution in [-0.2, 0) is 4.79 Å². The Labute approximate surface area is 109 Å². The second-order valence-corrected chi connectivity index (χ2v) is 6.11. The van der Waals surface area contributed by atoms with Crippen LogP contribution in [0, 0.1) is 5.41 Å². The second-order valence-electron chi connectivity index (χ2n) is 5.13. The van der Waals surface area contributed by atoms with Gasteiger partial charge in [0, 0.05) is 22.9 Å². The van der Waals surface area contributed by atoms with E-state index in [1.165, 1.54) is 4.88 Å². The van der Waals surface area contributed by atoms with Gasteiger partial charge in [-0.2, -0.15) is 0 Å². The van der Waals surface area contributed by atoms with Crippen molar-refractivity contribution in [3.05, 3.63) is 22.4 Å². The number of carbonyl (C=O) groups excluding carboxylic acids is 1. The van der Waals surface area contributed by atoms with E-state index in [4.69, 9.17) is 0 Å². The third-order valence-corrected chi connectivity index (χ3v) is 4.37. The molecule has 0 saturated heterocycles. The van der Waals surface area contributed by atoms with Gasteiger partial charge >= 0.3 is 0 Å². The number of hydrogen-bond donors (Lipinski definition) is 0. The molecule has 3 heteroatoms. The molecular weight excluding hydrogens is 230 g/mol. The monoisotopic (exact) mass is 253 g/mol. The third kappa shape index (κ3) is 3.93. The largest absolute Gasteiger partial charge is 0.303 e. The Morgan fingerprint density at radius 1 is 1.59 bits per heavy atom. The molecule has 2 unspecified atom stereocenters. The van der Waals surface area contributed by atoms with Crippen LogP contribution in [0.3, 0.4) is 0 Å². The Hall–Kier alpha value is -0.670. The first kappa shape index (κ1) is 14.4. The van der Waals surface area contributed by atoms with Gasteiger partial charge in [0.25, 0.3) is 0 Å². The fourth-order valence-electron chi connectivity index (χ4n) is 2.20. The predicted molar refractivity (Wildman–Crippen MR) is 74.4 cm³/mol. The molecule has 0 aliphatic rings. The molecule has 1 aromatic rings. The van der Waals surface area contributed by atoms with E-state index in [9.17, 15) is 4.79 Å². The first-order valence-electron chi connectivity index (χ1n) is 6.22. The lowest BCUT2D eigenvalue weighted by atomic mass is 9.86. The molecule has 0 N–H and O–H groups in total. The lowest BCUT2D eigenvalue weighted by molar-refractivity contribution is -0.116. The molecule has 1 heterocycles. The van der Waals surface area contributed by atoms with E-state index in [1.54, 1.807) is 11.3 Å². The van der Waals surface area contributed by atoms with E-state index < -0.39 is 0 Å². The fraction of sp³-hybridized carbons (Fsp3) is 0.643. The Morgan fingerprint density at radius 3 is 2.76 bits per heavy atom. The first-order chi connectivity index (χ1) is 8.02. The summed E-state index contributed by atoms with van der Waals surface area (Å²) in [5.41, 5.74) is -0.213. The van der Waals surface area contributed by atoms with Gasteiger partial charge in [-0.1, -0.05) is 26.3 Å². The molecule has 0 aliphatic carbocycles. The van der Waals surface area contributed by atoms with E-state index in [-0.39, 0.29) is 5.41 Å². The average Bonchev–Trinajstić information content (AvgIpc) is 2.81. The highest BCUT2D eigenvalue weighted by atomic mass is 32.1. The van der Waals surface area contributed by atoms with Crippen molar-refractivity contribution in [2.75, 3.05) is 13.6 Å². The van der Waals surface area contributed by atoms with Crippen molar-refractivity contribution in [3.8, 4) is 0 Å². The molecule has 0 bridgehead atoms. The van der Waals surface area contributed by atoms with Crippen LogP contribution in [0.5, 0.6) is 0 Å². The summed E-state index contributed by atoms with van der Waals surface area (Å²) in [6, 6.07) is 4.62. The molecule has 0 amide bonds. The maximum atomic E-state index is 11.2. The molecule has 0 aromatic carbocycles. The van der Waals surface area contributed by atoms with Crippen molar-refractivity contribution >= 4 is 17.6 Å². The molecule has 0 radical (unpaired) electrons. The van der Waals surface area contributed by atoms with Gasteiger partial charge in [-0.3, -0.25) is 4.90 Å². The molecule has 0 saturated carbocycles. The zero-order valence-corrected chi connectivity index (χ0v) is 12.1. The molecule has 2 atom stereocenters. The van der Waals surface area contributed by atoms with Gasteiger partial charge < -0.3 is 4.79 Å². The van der Waals surface area contributed by atoms with Crippen LogP contribution in [0.1, 0.15) is 44.5 Å². The maximum absolute atomic E-state index is 11.2. The Morgan fingerprint density at radius 2 is 2.29 bits per heavy atom. The minimum atomic E-state index is -0.213. The molecule has 1 aromatic heterocycles. The van der Waals surface area contributed by atoms with E-state index in [0.717, 1.165) is 25.7 Å². The summed E-state index contributed by atoms with van der Waals surface area (Å²) in [6.07, 6.45) is 3.13. The van der Waals surface area contributed by atoms with Crippen LogP contribution in [0.2, 0.25) is 0 Å². The zero-order valence-electron chi connectivity index (χ0n) is 11.3. The maximum Gasteiger partial charge on any atom is 0.127 e. The number of aldehydes is 1. The van der Waals surface area contributed by atoms with Crippen LogP contribution < -0.4 is 0 Å². The summed E-state index contributed by atoms with van der Waals surface area (Å²) in [6.45, 7) is 7.21. The molecule has 0 spiro atoms. The minimum absolute atomic E-state index is 0.213. The Bertz CT molecular complexity index is 336. The normalized spacial score (nSPS) is 16.8. The van der Waals surface area contributed by atoms with Crippen molar-refractivity contribution in [2.24, 2.45) is 5.41 Å². The highest BCUT2D eigenvalue weighted by Gasteiger charge is 2.26. The van der Waals surface area contributed by atoms with E-state index in [0.29, 0.717) is 6.04 Å². The van der Waals surface area contributed by atoms with Crippen LogP contribution in [0.4, 0.5) is 0 Å². The molecular formula is C14H23NOS. The third-order valence-electron chi connectivity index (χ3n) is 3.33. The smallest absolute Gasteiger partial charge is 0.127 e. The van der Waals surface area contributed by atoms with Gasteiger partial charge in [0.1, 0.15) is 6.29 Å². The predicted octanol–water partition coefficient (Wildman–Crippen LogP) is 3.75. The Kier molecular flexibility index (Phi) is 5.34. The van der Waals surface area contributed by atoms with E-state index in [2.05, 4.69) is 50.2 Å². The summed E-state index contributed by atoms with van der Waals surface area (Å²) < 4.78 is 0. The van der Waals surface area contributed by atoms with E-state index >= 15 is 0 Å². The topological polar surface area (TPSA) is 20.3 Å². The number of carbonyl (C=O) groups is 1. The molecule has 1 rings (SSSR count). The van der Waals surface area contributed by atoms with E-state index in [1.807, 2.05) is 0 Å². The average molecular weight is 253 g/mol. The van der Waals surface area contributed by atoms with Crippen molar-refractivity contribution in [1.82, 2.24) is 4.90 Å². The summed E-state index contributed by atoms with van der Waals surface area (Å²) >= 11 is 1.78. The molecule has 17 heavy (non-hydrogen) atoms. The summed E-state index contributed by atoms with van der Waals surface area (Å²) in [5.74, 6) is 0. The minimum Gasteiger partial charge on any atom is -0.303 e. The number of nitrogens with zero attached hydrogens (tertiary/aromatic N) is 1. The standard InChI is InChI=1S/C14H23NOS/c1-5-8-14(3,11-16)10-15(4)12(2)13-7-6-9-17-13/h6-7,9,11-12H,5,8,10H2,1-4H3. The lowest BCUT2D eigenvalue weighted by Gasteiger charge is -2.32. The van der Waals surface area contributed by atoms with Crippen LogP contribution in [-0.4, -0.2) is 24.8 Å². The summed E-state index contributed by atoms with van der Waals surface area (Å²) in [5, 5.41) is 2.10. The SMILES string of the molecule is CCCC(C)(C=O)CN(C)C(C)c1cccs1. The van der Waals surface area contributed by atoms with Gasteiger partial charge in [-0.25, -0.2) is 0 Å². The Balaban J connectivity index is 2.64. The van der Waals surface area contributed by atoms with Gasteiger partial charge in [-0.05, 0) is 31.8 Å².